The number of ketones is 1. The quantitative estimate of drug-likeness (QED) is 0.500. The number of nitrogens with zero attached hydrogens (tertiary/aromatic N) is 2. The van der Waals surface area contributed by atoms with Crippen LogP contribution in [-0.4, -0.2) is 27.6 Å². The summed E-state index contributed by atoms with van der Waals surface area (Å²) in [5.74, 6) is -0.978. The van der Waals surface area contributed by atoms with E-state index in [0.29, 0.717) is 28.7 Å². The van der Waals surface area contributed by atoms with Gasteiger partial charge >= 0.3 is 0 Å². The molecule has 172 valence electrons. The van der Waals surface area contributed by atoms with Gasteiger partial charge in [-0.1, -0.05) is 55.5 Å². The van der Waals surface area contributed by atoms with Crippen molar-refractivity contribution in [2.75, 3.05) is 5.32 Å². The number of carbonyl (C=O) groups excluding carboxylic acids is 3. The fourth-order valence-electron chi connectivity index (χ4n) is 3.59. The van der Waals surface area contributed by atoms with Crippen molar-refractivity contribution in [1.82, 2.24) is 15.3 Å². The summed E-state index contributed by atoms with van der Waals surface area (Å²) in [6, 6.07) is 10.1. The molecule has 0 radical (unpaired) electrons. The molecule has 0 saturated heterocycles. The van der Waals surface area contributed by atoms with Crippen LogP contribution in [0.5, 0.6) is 0 Å². The Bertz CT molecular complexity index is 1160. The first-order valence-corrected chi connectivity index (χ1v) is 12.7. The van der Waals surface area contributed by atoms with Crippen LogP contribution >= 0.6 is 22.7 Å². The summed E-state index contributed by atoms with van der Waals surface area (Å²) in [6.07, 6.45) is 2.03. The molecule has 33 heavy (non-hydrogen) atoms. The predicted octanol–water partition coefficient (Wildman–Crippen LogP) is 4.24. The van der Waals surface area contributed by atoms with Crippen LogP contribution in [0.1, 0.15) is 58.3 Å². The average molecular weight is 483 g/mol. The Hall–Kier alpha value is -2.91. The number of hydrogen-bond acceptors (Lipinski definition) is 7. The van der Waals surface area contributed by atoms with Crippen molar-refractivity contribution in [3.05, 3.63) is 62.5 Å². The fourth-order valence-corrected chi connectivity index (χ4v) is 5.36. The SMILES string of the molecule is CC[C@@H](C)C(=O)Nc1nc2c(s1)C(=O)C[C@H](C(=O)NCc1csc(Cc3ccccc3)n1)C2. The van der Waals surface area contributed by atoms with E-state index in [1.807, 2.05) is 37.4 Å². The number of rotatable bonds is 8. The lowest BCUT2D eigenvalue weighted by molar-refractivity contribution is -0.125. The molecule has 0 bridgehead atoms. The molecule has 2 aromatic heterocycles. The van der Waals surface area contributed by atoms with Gasteiger partial charge in [-0.05, 0) is 12.0 Å². The summed E-state index contributed by atoms with van der Waals surface area (Å²) < 4.78 is 0. The van der Waals surface area contributed by atoms with Gasteiger partial charge in [0, 0.05) is 30.6 Å². The number of benzene rings is 1. The van der Waals surface area contributed by atoms with E-state index in [4.69, 9.17) is 0 Å². The molecule has 0 unspecified atom stereocenters. The second-order valence-electron chi connectivity index (χ2n) is 8.23. The van der Waals surface area contributed by atoms with Crippen LogP contribution in [0.3, 0.4) is 0 Å². The predicted molar refractivity (Wildman–Crippen MR) is 130 cm³/mol. The number of nitrogens with one attached hydrogen (secondary N) is 2. The highest BCUT2D eigenvalue weighted by atomic mass is 32.1. The van der Waals surface area contributed by atoms with Crippen LogP contribution < -0.4 is 10.6 Å². The van der Waals surface area contributed by atoms with Gasteiger partial charge in [0.15, 0.2) is 10.9 Å². The lowest BCUT2D eigenvalue weighted by Crippen LogP contribution is -2.35. The van der Waals surface area contributed by atoms with Gasteiger partial charge in [-0.3, -0.25) is 14.4 Å². The number of amides is 2. The second-order valence-corrected chi connectivity index (χ2v) is 10.2. The largest absolute Gasteiger partial charge is 0.350 e. The molecule has 1 aromatic carbocycles. The van der Waals surface area contributed by atoms with E-state index < -0.39 is 5.92 Å². The van der Waals surface area contributed by atoms with Crippen molar-refractivity contribution in [2.24, 2.45) is 11.8 Å². The summed E-state index contributed by atoms with van der Waals surface area (Å²) in [7, 11) is 0. The molecular weight excluding hydrogens is 456 g/mol. The molecule has 7 nitrogen and oxygen atoms in total. The maximum Gasteiger partial charge on any atom is 0.228 e. The van der Waals surface area contributed by atoms with E-state index in [9.17, 15) is 14.4 Å². The summed E-state index contributed by atoms with van der Waals surface area (Å²) in [6.45, 7) is 4.12. The molecule has 1 aliphatic carbocycles. The number of fused-ring (bicyclic) bond motifs is 1. The van der Waals surface area contributed by atoms with Crippen molar-refractivity contribution in [3.8, 4) is 0 Å². The summed E-state index contributed by atoms with van der Waals surface area (Å²) >= 11 is 2.77. The zero-order valence-electron chi connectivity index (χ0n) is 18.6. The Labute approximate surface area is 200 Å². The van der Waals surface area contributed by atoms with E-state index in [1.54, 1.807) is 11.3 Å². The third-order valence-corrected chi connectivity index (χ3v) is 7.68. The highest BCUT2D eigenvalue weighted by molar-refractivity contribution is 7.17. The molecule has 2 amide bonds. The number of aromatic nitrogens is 2. The molecule has 0 fully saturated rings. The van der Waals surface area contributed by atoms with Gasteiger partial charge in [0.2, 0.25) is 11.8 Å². The summed E-state index contributed by atoms with van der Waals surface area (Å²) in [4.78, 5) is 47.1. The molecule has 2 heterocycles. The number of thiazole rings is 2. The average Bonchev–Trinajstić information content (AvgIpc) is 3.44. The molecule has 0 aliphatic heterocycles. The molecular formula is C24H26N4O3S2. The lowest BCUT2D eigenvalue weighted by atomic mass is 9.89. The fraction of sp³-hybridized carbons (Fsp3) is 0.375. The minimum absolute atomic E-state index is 0.100. The summed E-state index contributed by atoms with van der Waals surface area (Å²) in [5, 5.41) is 9.08. The maximum absolute atomic E-state index is 12.8. The Kier molecular flexibility index (Phi) is 7.29. The molecule has 1 aliphatic rings. The van der Waals surface area contributed by atoms with Gasteiger partial charge in [-0.2, -0.15) is 0 Å². The van der Waals surface area contributed by atoms with E-state index in [0.717, 1.165) is 23.5 Å². The van der Waals surface area contributed by atoms with E-state index in [2.05, 4.69) is 32.7 Å². The van der Waals surface area contributed by atoms with Gasteiger partial charge in [-0.25, -0.2) is 9.97 Å². The number of anilines is 1. The number of Topliss-reactive ketones (excluding diaryl/α,β-unsaturated/α-hetero) is 1. The van der Waals surface area contributed by atoms with Gasteiger partial charge in [0.05, 0.1) is 33.7 Å². The first-order valence-electron chi connectivity index (χ1n) is 11.0. The van der Waals surface area contributed by atoms with E-state index in [1.165, 1.54) is 16.9 Å². The highest BCUT2D eigenvalue weighted by Crippen LogP contribution is 2.32. The Morgan fingerprint density at radius 3 is 2.73 bits per heavy atom. The first kappa shape index (κ1) is 23.3. The minimum atomic E-state index is -0.465. The molecule has 2 N–H and O–H groups in total. The Morgan fingerprint density at radius 1 is 1.18 bits per heavy atom. The standard InChI is InChI=1S/C24H26N4O3S2/c1-3-14(2)22(30)28-24-27-18-10-16(11-19(29)21(18)33-24)23(31)25-12-17-13-32-20(26-17)9-15-7-5-4-6-8-15/h4-8,13-14,16H,3,9-12H2,1-2H3,(H,25,31)(H,27,28,30)/t14-,16-/m1/s1. The van der Waals surface area contributed by atoms with Gasteiger partial charge < -0.3 is 10.6 Å². The van der Waals surface area contributed by atoms with Crippen molar-refractivity contribution in [3.63, 3.8) is 0 Å². The zero-order valence-corrected chi connectivity index (χ0v) is 20.2. The molecule has 0 spiro atoms. The van der Waals surface area contributed by atoms with Crippen LogP contribution in [0.4, 0.5) is 5.13 Å². The van der Waals surface area contributed by atoms with Crippen LogP contribution in [0.2, 0.25) is 0 Å². The van der Waals surface area contributed by atoms with Gasteiger partial charge in [0.25, 0.3) is 0 Å². The van der Waals surface area contributed by atoms with E-state index in [-0.39, 0.29) is 29.9 Å². The van der Waals surface area contributed by atoms with Crippen molar-refractivity contribution in [1.29, 1.82) is 0 Å². The van der Waals surface area contributed by atoms with Gasteiger partial charge in [-0.15, -0.1) is 11.3 Å². The Balaban J connectivity index is 1.33. The summed E-state index contributed by atoms with van der Waals surface area (Å²) in [5.41, 5.74) is 2.60. The molecule has 0 saturated carbocycles. The van der Waals surface area contributed by atoms with Crippen LogP contribution in [0, 0.1) is 11.8 Å². The van der Waals surface area contributed by atoms with Crippen LogP contribution in [-0.2, 0) is 29.0 Å². The monoisotopic (exact) mass is 482 g/mol. The van der Waals surface area contributed by atoms with E-state index >= 15 is 0 Å². The van der Waals surface area contributed by atoms with Crippen molar-refractivity contribution in [2.45, 2.75) is 46.1 Å². The van der Waals surface area contributed by atoms with Crippen LogP contribution in [0.25, 0.3) is 0 Å². The Morgan fingerprint density at radius 2 is 1.97 bits per heavy atom. The first-order chi connectivity index (χ1) is 15.9. The normalized spacial score (nSPS) is 16.2. The maximum atomic E-state index is 12.8. The van der Waals surface area contributed by atoms with Crippen molar-refractivity contribution >= 4 is 45.4 Å². The third kappa shape index (κ3) is 5.72. The second kappa shape index (κ2) is 10.4. The lowest BCUT2D eigenvalue weighted by Gasteiger charge is -2.19. The minimum Gasteiger partial charge on any atom is -0.350 e. The third-order valence-electron chi connectivity index (χ3n) is 5.72. The highest BCUT2D eigenvalue weighted by Gasteiger charge is 2.33. The number of carbonyl (C=O) groups is 3. The zero-order chi connectivity index (χ0) is 23.4. The molecule has 9 heteroatoms. The van der Waals surface area contributed by atoms with Crippen LogP contribution in [0.15, 0.2) is 35.7 Å². The van der Waals surface area contributed by atoms with Crippen molar-refractivity contribution < 1.29 is 14.4 Å². The molecule has 2 atom stereocenters. The topological polar surface area (TPSA) is 101 Å². The van der Waals surface area contributed by atoms with Gasteiger partial charge in [0.1, 0.15) is 0 Å². The number of hydrogen-bond donors (Lipinski definition) is 2. The molecule has 4 rings (SSSR count). The smallest absolute Gasteiger partial charge is 0.228 e. The molecule has 3 aromatic rings.